The molecule has 2 aromatic rings. The summed E-state index contributed by atoms with van der Waals surface area (Å²) in [5.41, 5.74) is 7.97. The Morgan fingerprint density at radius 2 is 1.79 bits per heavy atom. The maximum Gasteiger partial charge on any atom is 0.311 e. The van der Waals surface area contributed by atoms with Crippen molar-refractivity contribution >= 4 is 29.0 Å². The first-order chi connectivity index (χ1) is 15.8. The summed E-state index contributed by atoms with van der Waals surface area (Å²) < 4.78 is 46.3. The zero-order valence-electron chi connectivity index (χ0n) is 19.5. The number of anilines is 1. The number of carbonyl (C=O) groups is 1. The summed E-state index contributed by atoms with van der Waals surface area (Å²) in [7, 11) is -8.28. The van der Waals surface area contributed by atoms with Crippen LogP contribution in [0.5, 0.6) is 0 Å². The van der Waals surface area contributed by atoms with E-state index in [0.717, 1.165) is 5.56 Å². The molecule has 0 heterocycles. The second-order valence-electron chi connectivity index (χ2n) is 8.55. The Bertz CT molecular complexity index is 1120. The van der Waals surface area contributed by atoms with Crippen LogP contribution in [0.25, 0.3) is 0 Å². The highest BCUT2D eigenvalue weighted by atomic mass is 32.2. The van der Waals surface area contributed by atoms with Crippen molar-refractivity contribution in [1.29, 1.82) is 0 Å². The standard InChI is InChI=1S/C23H33N2O7PS/c1-16(2)22(25-34(30,31)13-12-32-14-18-8-5-4-6-9-18)33(28,29)15-20(23(26)27)19-10-7-11-21(24)17(19)3/h4-11,16,20,22,25H,12-15,24H2,1-3H3,(H,26,27)(H,28,29). The maximum atomic E-state index is 13.3. The molecule has 3 unspecified atom stereocenters. The van der Waals surface area contributed by atoms with Crippen molar-refractivity contribution in [3.05, 3.63) is 65.2 Å². The third-order valence-corrected chi connectivity index (χ3v) is 9.48. The summed E-state index contributed by atoms with van der Waals surface area (Å²) in [6.45, 7) is 4.97. The van der Waals surface area contributed by atoms with Gasteiger partial charge in [-0.05, 0) is 35.6 Å². The molecule has 0 bridgehead atoms. The molecule has 0 aromatic heterocycles. The smallest absolute Gasteiger partial charge is 0.311 e. The van der Waals surface area contributed by atoms with Crippen LogP contribution < -0.4 is 10.5 Å². The molecule has 0 spiro atoms. The van der Waals surface area contributed by atoms with Crippen molar-refractivity contribution in [2.45, 2.75) is 39.1 Å². The molecule has 5 N–H and O–H groups in total. The second kappa shape index (κ2) is 12.0. The molecule has 11 heteroatoms. The van der Waals surface area contributed by atoms with Crippen molar-refractivity contribution in [2.75, 3.05) is 24.3 Å². The fourth-order valence-electron chi connectivity index (χ4n) is 3.59. The average Bonchev–Trinajstić information content (AvgIpc) is 2.76. The highest BCUT2D eigenvalue weighted by Gasteiger charge is 2.40. The lowest BCUT2D eigenvalue weighted by Crippen LogP contribution is -2.41. The van der Waals surface area contributed by atoms with Gasteiger partial charge < -0.3 is 20.5 Å². The van der Waals surface area contributed by atoms with Crippen LogP contribution in [0.15, 0.2) is 48.5 Å². The number of ether oxygens (including phenoxy) is 1. The maximum absolute atomic E-state index is 13.3. The minimum absolute atomic E-state index is 0.106. The number of carboxylic acid groups (broad SMARTS) is 1. The fourth-order valence-corrected chi connectivity index (χ4v) is 7.87. The van der Waals surface area contributed by atoms with Gasteiger partial charge in [0, 0.05) is 11.8 Å². The molecular formula is C23H33N2O7PS. The molecule has 2 aromatic carbocycles. The Morgan fingerprint density at radius 3 is 2.38 bits per heavy atom. The molecule has 0 fully saturated rings. The molecule has 188 valence electrons. The van der Waals surface area contributed by atoms with Crippen LogP contribution in [0.1, 0.15) is 36.5 Å². The number of hydrogen-bond donors (Lipinski definition) is 4. The summed E-state index contributed by atoms with van der Waals surface area (Å²) in [4.78, 5) is 22.9. The summed E-state index contributed by atoms with van der Waals surface area (Å²) >= 11 is 0. The fraction of sp³-hybridized carbons (Fsp3) is 0.435. The molecule has 9 nitrogen and oxygen atoms in total. The first-order valence-electron chi connectivity index (χ1n) is 10.8. The van der Waals surface area contributed by atoms with Crippen LogP contribution in [0.4, 0.5) is 5.69 Å². The predicted molar refractivity (Wildman–Crippen MR) is 132 cm³/mol. The third-order valence-electron chi connectivity index (χ3n) is 5.51. The number of hydrogen-bond acceptors (Lipinski definition) is 6. The van der Waals surface area contributed by atoms with Gasteiger partial charge in [-0.2, -0.15) is 0 Å². The van der Waals surface area contributed by atoms with E-state index in [9.17, 15) is 27.8 Å². The summed E-state index contributed by atoms with van der Waals surface area (Å²) in [5, 5.41) is 9.77. The monoisotopic (exact) mass is 512 g/mol. The van der Waals surface area contributed by atoms with Gasteiger partial charge in [-0.1, -0.05) is 56.3 Å². The normalized spacial score (nSPS) is 15.6. The van der Waals surface area contributed by atoms with Crippen LogP contribution >= 0.6 is 7.37 Å². The lowest BCUT2D eigenvalue weighted by Gasteiger charge is -2.29. The number of nitrogens with two attached hydrogens (primary N) is 1. The number of carboxylic acids is 1. The van der Waals surface area contributed by atoms with Gasteiger partial charge in [-0.3, -0.25) is 9.36 Å². The van der Waals surface area contributed by atoms with Gasteiger partial charge in [-0.15, -0.1) is 0 Å². The topological polar surface area (TPSA) is 156 Å². The van der Waals surface area contributed by atoms with Crippen LogP contribution in [-0.2, 0) is 30.7 Å². The van der Waals surface area contributed by atoms with E-state index in [1.165, 1.54) is 0 Å². The lowest BCUT2D eigenvalue weighted by molar-refractivity contribution is -0.138. The molecule has 0 amide bonds. The minimum Gasteiger partial charge on any atom is -0.481 e. The molecule has 0 aliphatic carbocycles. The van der Waals surface area contributed by atoms with Gasteiger partial charge >= 0.3 is 5.97 Å². The van der Waals surface area contributed by atoms with Gasteiger partial charge in [0.2, 0.25) is 17.4 Å². The van der Waals surface area contributed by atoms with Crippen LogP contribution in [0.2, 0.25) is 0 Å². The van der Waals surface area contributed by atoms with E-state index in [1.54, 1.807) is 39.0 Å². The van der Waals surface area contributed by atoms with Gasteiger partial charge in [0.05, 0.1) is 24.9 Å². The summed E-state index contributed by atoms with van der Waals surface area (Å²) in [6, 6.07) is 14.0. The molecule has 0 aliphatic heterocycles. The molecule has 0 radical (unpaired) electrons. The number of benzene rings is 2. The average molecular weight is 513 g/mol. The SMILES string of the molecule is Cc1c(N)cccc1C(CP(=O)(O)C(NS(=O)(=O)CCOCc1ccccc1)C(C)C)C(=O)O. The van der Waals surface area contributed by atoms with Crippen LogP contribution in [0, 0.1) is 12.8 Å². The van der Waals surface area contributed by atoms with Crippen LogP contribution in [0.3, 0.4) is 0 Å². The van der Waals surface area contributed by atoms with Gasteiger partial charge in [0.1, 0.15) is 5.78 Å². The second-order valence-corrected chi connectivity index (χ2v) is 12.9. The van der Waals surface area contributed by atoms with Crippen molar-refractivity contribution in [3.8, 4) is 0 Å². The zero-order chi connectivity index (χ0) is 25.5. The van der Waals surface area contributed by atoms with E-state index < -0.39 is 52.9 Å². The van der Waals surface area contributed by atoms with Gasteiger partial charge in [0.15, 0.2) is 0 Å². The Labute approximate surface area is 200 Å². The quantitative estimate of drug-likeness (QED) is 0.181. The molecule has 0 saturated heterocycles. The first-order valence-corrected chi connectivity index (χ1v) is 14.4. The molecule has 3 atom stereocenters. The van der Waals surface area contributed by atoms with Gasteiger partial charge in [-0.25, -0.2) is 13.1 Å². The highest BCUT2D eigenvalue weighted by Crippen LogP contribution is 2.51. The molecule has 2 rings (SSSR count). The summed E-state index contributed by atoms with van der Waals surface area (Å²) in [5.74, 6) is -4.93. The number of rotatable bonds is 13. The highest BCUT2D eigenvalue weighted by molar-refractivity contribution is 7.89. The largest absolute Gasteiger partial charge is 0.481 e. The van der Waals surface area contributed by atoms with E-state index in [1.807, 2.05) is 30.3 Å². The van der Waals surface area contributed by atoms with Crippen molar-refractivity contribution in [3.63, 3.8) is 0 Å². The van der Waals surface area contributed by atoms with Crippen LogP contribution in [-0.4, -0.2) is 48.7 Å². The Hall–Kier alpha value is -2.23. The van der Waals surface area contributed by atoms with E-state index in [2.05, 4.69) is 4.72 Å². The van der Waals surface area contributed by atoms with E-state index in [0.29, 0.717) is 16.8 Å². The molecule has 0 aliphatic rings. The van der Waals surface area contributed by atoms with Gasteiger partial charge in [0.25, 0.3) is 0 Å². The van der Waals surface area contributed by atoms with Crippen molar-refractivity contribution in [1.82, 2.24) is 4.72 Å². The predicted octanol–water partition coefficient (Wildman–Crippen LogP) is 3.13. The van der Waals surface area contributed by atoms with Crippen molar-refractivity contribution < 1.29 is 32.5 Å². The molecular weight excluding hydrogens is 479 g/mol. The molecule has 0 saturated carbocycles. The Kier molecular flexibility index (Phi) is 9.84. The van der Waals surface area contributed by atoms with E-state index in [-0.39, 0.29) is 13.2 Å². The minimum atomic E-state index is -4.31. The number of sulfonamides is 1. The summed E-state index contributed by atoms with van der Waals surface area (Å²) in [6.07, 6.45) is -0.636. The van der Waals surface area contributed by atoms with E-state index in [4.69, 9.17) is 10.5 Å². The Balaban J connectivity index is 2.12. The number of nitrogen functional groups attached to an aromatic ring is 1. The first kappa shape index (κ1) is 28.0. The zero-order valence-corrected chi connectivity index (χ0v) is 21.3. The van der Waals surface area contributed by atoms with E-state index >= 15 is 0 Å². The number of nitrogens with one attached hydrogen (secondary N) is 1. The third kappa shape index (κ3) is 7.92. The van der Waals surface area contributed by atoms with Crippen molar-refractivity contribution in [2.24, 2.45) is 5.92 Å². The molecule has 34 heavy (non-hydrogen) atoms. The lowest BCUT2D eigenvalue weighted by atomic mass is 9.95. The Morgan fingerprint density at radius 1 is 1.15 bits per heavy atom. The number of aliphatic carboxylic acids is 1.